The summed E-state index contributed by atoms with van der Waals surface area (Å²) in [5, 5.41) is 18.1. The number of nitrogens with two attached hydrogens (primary N) is 4. The van der Waals surface area contributed by atoms with Crippen LogP contribution in [0.5, 0.6) is 0 Å². The van der Waals surface area contributed by atoms with Crippen LogP contribution in [0.25, 0.3) is 10.9 Å². The summed E-state index contributed by atoms with van der Waals surface area (Å²) in [6.07, 6.45) is 1.56. The lowest BCUT2D eigenvalue weighted by Crippen LogP contribution is -2.57. The number of aliphatic imine (C=N–C) groups is 1. The normalized spacial score (nSPS) is 13.8. The molecule has 0 saturated heterocycles. The number of aromatic nitrogens is 1. The maximum Gasteiger partial charge on any atom is 0.326 e. The van der Waals surface area contributed by atoms with Gasteiger partial charge in [0.2, 0.25) is 23.6 Å². The molecule has 0 aliphatic heterocycles. The largest absolute Gasteiger partial charge is 0.480 e. The molecule has 0 aliphatic rings. The molecule has 15 heteroatoms. The molecule has 15 nitrogen and oxygen atoms in total. The highest BCUT2D eigenvalue weighted by molar-refractivity contribution is 5.94. The van der Waals surface area contributed by atoms with Crippen molar-refractivity contribution in [3.63, 3.8) is 0 Å². The van der Waals surface area contributed by atoms with Gasteiger partial charge in [0.1, 0.15) is 18.1 Å². The Balaban J connectivity index is 2.19. The van der Waals surface area contributed by atoms with E-state index in [1.165, 1.54) is 6.92 Å². The number of carbonyl (C=O) groups is 5. The molecule has 1 heterocycles. The van der Waals surface area contributed by atoms with Gasteiger partial charge in [0.15, 0.2) is 5.96 Å². The summed E-state index contributed by atoms with van der Waals surface area (Å²) in [7, 11) is 0. The smallest absolute Gasteiger partial charge is 0.326 e. The van der Waals surface area contributed by atoms with Crippen LogP contribution >= 0.6 is 0 Å². The van der Waals surface area contributed by atoms with Crippen LogP contribution in [0.2, 0.25) is 0 Å². The fraction of sp³-hybridized carbons (Fsp3) is 0.440. The lowest BCUT2D eigenvalue weighted by Gasteiger charge is -2.25. The summed E-state index contributed by atoms with van der Waals surface area (Å²) in [6.45, 7) is 1.62. The minimum Gasteiger partial charge on any atom is -0.480 e. The first-order chi connectivity index (χ1) is 18.9. The third-order valence-electron chi connectivity index (χ3n) is 6.02. The number of para-hydroxylation sites is 1. The van der Waals surface area contributed by atoms with E-state index >= 15 is 0 Å². The molecule has 0 aliphatic carbocycles. The Morgan fingerprint density at radius 1 is 0.925 bits per heavy atom. The van der Waals surface area contributed by atoms with Crippen molar-refractivity contribution in [2.75, 3.05) is 6.54 Å². The molecule has 0 saturated carbocycles. The second kappa shape index (κ2) is 15.1. The number of hydrogen-bond donors (Lipinski definition) is 9. The first-order valence-corrected chi connectivity index (χ1v) is 12.7. The summed E-state index contributed by atoms with van der Waals surface area (Å²) in [4.78, 5) is 68.9. The first kappa shape index (κ1) is 31.6. The van der Waals surface area contributed by atoms with Gasteiger partial charge in [-0.3, -0.25) is 24.2 Å². The molecule has 1 aromatic heterocycles. The summed E-state index contributed by atoms with van der Waals surface area (Å²) >= 11 is 0. The zero-order chi connectivity index (χ0) is 29.8. The average Bonchev–Trinajstić information content (AvgIpc) is 3.29. The molecule has 0 radical (unpaired) electrons. The number of amides is 4. The monoisotopic (exact) mass is 559 g/mol. The number of hydrogen-bond acceptors (Lipinski definition) is 7. The summed E-state index contributed by atoms with van der Waals surface area (Å²) < 4.78 is 0. The van der Waals surface area contributed by atoms with Crippen molar-refractivity contribution in [2.24, 2.45) is 27.9 Å². The molecule has 4 unspecified atom stereocenters. The topological polar surface area (TPSA) is 274 Å². The van der Waals surface area contributed by atoms with Crippen LogP contribution < -0.4 is 38.9 Å². The second-order valence-electron chi connectivity index (χ2n) is 9.33. The van der Waals surface area contributed by atoms with Crippen LogP contribution in [-0.2, 0) is 30.4 Å². The summed E-state index contributed by atoms with van der Waals surface area (Å²) in [6, 6.07) is 2.60. The number of carboxylic acid groups (broad SMARTS) is 1. The third-order valence-corrected chi connectivity index (χ3v) is 6.02. The minimum atomic E-state index is -1.34. The maximum atomic E-state index is 13.2. The number of H-pyrrole nitrogens is 1. The quantitative estimate of drug-likeness (QED) is 0.0619. The Morgan fingerprint density at radius 3 is 2.12 bits per heavy atom. The predicted molar refractivity (Wildman–Crippen MR) is 147 cm³/mol. The molecule has 4 amide bonds. The van der Waals surface area contributed by atoms with E-state index in [0.717, 1.165) is 10.9 Å². The van der Waals surface area contributed by atoms with Gasteiger partial charge in [-0.25, -0.2) is 4.79 Å². The molecular weight excluding hydrogens is 522 g/mol. The van der Waals surface area contributed by atoms with Crippen molar-refractivity contribution in [3.8, 4) is 0 Å². The molecule has 1 aromatic carbocycles. The Kier molecular flexibility index (Phi) is 11.9. The molecule has 40 heavy (non-hydrogen) atoms. The fourth-order valence-corrected chi connectivity index (χ4v) is 3.90. The molecule has 2 rings (SSSR count). The molecule has 4 atom stereocenters. The van der Waals surface area contributed by atoms with Crippen molar-refractivity contribution < 1.29 is 29.1 Å². The molecular formula is C25H37N9O6. The number of nitrogens with one attached hydrogen (secondary N) is 4. The van der Waals surface area contributed by atoms with Crippen molar-refractivity contribution in [3.05, 3.63) is 36.0 Å². The van der Waals surface area contributed by atoms with Gasteiger partial charge >= 0.3 is 5.97 Å². The highest BCUT2D eigenvalue weighted by Gasteiger charge is 2.30. The van der Waals surface area contributed by atoms with E-state index < -0.39 is 53.8 Å². The van der Waals surface area contributed by atoms with Gasteiger partial charge in [0.05, 0.1) is 6.04 Å². The predicted octanol–water partition coefficient (Wildman–Crippen LogP) is -2.08. The zero-order valence-corrected chi connectivity index (χ0v) is 22.2. The highest BCUT2D eigenvalue weighted by atomic mass is 16.4. The lowest BCUT2D eigenvalue weighted by atomic mass is 10.0. The van der Waals surface area contributed by atoms with E-state index in [2.05, 4.69) is 25.9 Å². The Bertz CT molecular complexity index is 1240. The zero-order valence-electron chi connectivity index (χ0n) is 22.2. The van der Waals surface area contributed by atoms with Crippen LogP contribution in [0.1, 0.15) is 38.2 Å². The standard InChI is InChI=1S/C25H37N9O6/c1-13(26)21(36)32-17(7-4-10-30-25(28)29)22(37)33-18(8-9-20(27)35)23(38)34-19(24(39)40)11-14-12-31-16-6-3-2-5-15(14)16/h2-3,5-6,12-13,17-19,31H,4,7-11,26H2,1H3,(H2,27,35)(H,32,36)(H,33,37)(H,34,38)(H,39,40)(H4,28,29,30). The number of carboxylic acids is 1. The number of aromatic amines is 1. The van der Waals surface area contributed by atoms with Crippen LogP contribution in [0, 0.1) is 0 Å². The van der Waals surface area contributed by atoms with E-state index in [4.69, 9.17) is 22.9 Å². The van der Waals surface area contributed by atoms with Crippen molar-refractivity contribution in [2.45, 2.75) is 63.2 Å². The van der Waals surface area contributed by atoms with Crippen LogP contribution in [0.15, 0.2) is 35.5 Å². The number of aliphatic carboxylic acids is 1. The highest BCUT2D eigenvalue weighted by Crippen LogP contribution is 2.19. The molecule has 13 N–H and O–H groups in total. The Hall–Kier alpha value is -4.66. The van der Waals surface area contributed by atoms with Crippen LogP contribution in [0.4, 0.5) is 0 Å². The van der Waals surface area contributed by atoms with Gasteiger partial charge in [-0.2, -0.15) is 0 Å². The molecule has 0 bridgehead atoms. The molecule has 218 valence electrons. The van der Waals surface area contributed by atoms with Crippen molar-refractivity contribution in [1.29, 1.82) is 0 Å². The van der Waals surface area contributed by atoms with E-state index in [1.54, 1.807) is 12.3 Å². The number of carbonyl (C=O) groups excluding carboxylic acids is 4. The summed E-state index contributed by atoms with van der Waals surface area (Å²) in [5.41, 5.74) is 23.0. The van der Waals surface area contributed by atoms with Crippen molar-refractivity contribution >= 4 is 46.5 Å². The van der Waals surface area contributed by atoms with E-state index in [0.29, 0.717) is 12.0 Å². The Morgan fingerprint density at radius 2 is 1.52 bits per heavy atom. The van der Waals surface area contributed by atoms with Gasteiger partial charge in [-0.15, -0.1) is 0 Å². The minimum absolute atomic E-state index is 0.0422. The fourth-order valence-electron chi connectivity index (χ4n) is 3.90. The average molecular weight is 560 g/mol. The number of guanidine groups is 1. The van der Waals surface area contributed by atoms with Crippen molar-refractivity contribution in [1.82, 2.24) is 20.9 Å². The number of benzene rings is 1. The van der Waals surface area contributed by atoms with Gasteiger partial charge in [0.25, 0.3) is 0 Å². The molecule has 2 aromatic rings. The molecule has 0 fully saturated rings. The number of primary amides is 1. The van der Waals surface area contributed by atoms with E-state index in [-0.39, 0.29) is 38.2 Å². The summed E-state index contributed by atoms with van der Waals surface area (Å²) in [5.74, 6) is -4.33. The number of nitrogens with zero attached hydrogens (tertiary/aromatic N) is 1. The van der Waals surface area contributed by atoms with Crippen LogP contribution in [-0.4, -0.2) is 76.4 Å². The lowest BCUT2D eigenvalue weighted by molar-refractivity contribution is -0.142. The SMILES string of the molecule is CC(N)C(=O)NC(CCCN=C(N)N)C(=O)NC(CCC(N)=O)C(=O)NC(Cc1c[nH]c2ccccc12)C(=O)O. The molecule has 0 spiro atoms. The van der Waals surface area contributed by atoms with Crippen LogP contribution in [0.3, 0.4) is 0 Å². The second-order valence-corrected chi connectivity index (χ2v) is 9.33. The van der Waals surface area contributed by atoms with Gasteiger partial charge < -0.3 is 49.0 Å². The maximum absolute atomic E-state index is 13.2. The third kappa shape index (κ3) is 9.90. The van der Waals surface area contributed by atoms with E-state index in [9.17, 15) is 29.1 Å². The van der Waals surface area contributed by atoms with Gasteiger partial charge in [-0.1, -0.05) is 18.2 Å². The van der Waals surface area contributed by atoms with Gasteiger partial charge in [-0.05, 0) is 37.8 Å². The number of fused-ring (bicyclic) bond motifs is 1. The first-order valence-electron chi connectivity index (χ1n) is 12.7. The van der Waals surface area contributed by atoms with Gasteiger partial charge in [0, 0.05) is 36.5 Å². The Labute approximate surface area is 230 Å². The number of rotatable bonds is 16. The van der Waals surface area contributed by atoms with E-state index in [1.807, 2.05) is 18.2 Å².